The van der Waals surface area contributed by atoms with Gasteiger partial charge in [0.2, 0.25) is 5.91 Å². The lowest BCUT2D eigenvalue weighted by atomic mass is 9.71. The summed E-state index contributed by atoms with van der Waals surface area (Å²) in [6.07, 6.45) is 5.29. The Hall–Kier alpha value is -2.24. The highest BCUT2D eigenvalue weighted by atomic mass is 19.1. The molecule has 5 rings (SSSR count). The number of ether oxygens (including phenoxy) is 2. The van der Waals surface area contributed by atoms with E-state index in [0.29, 0.717) is 13.2 Å². The van der Waals surface area contributed by atoms with Crippen molar-refractivity contribution in [2.45, 2.75) is 63.9 Å². The van der Waals surface area contributed by atoms with E-state index < -0.39 is 5.41 Å². The summed E-state index contributed by atoms with van der Waals surface area (Å²) in [5.41, 5.74) is 4.21. The van der Waals surface area contributed by atoms with Gasteiger partial charge in [-0.2, -0.15) is 0 Å². The van der Waals surface area contributed by atoms with E-state index in [1.54, 1.807) is 12.1 Å². The van der Waals surface area contributed by atoms with Gasteiger partial charge < -0.3 is 14.4 Å². The molecule has 1 amide bonds. The van der Waals surface area contributed by atoms with Gasteiger partial charge in [-0.3, -0.25) is 4.79 Å². The van der Waals surface area contributed by atoms with Gasteiger partial charge in [-0.15, -0.1) is 0 Å². The molecule has 1 spiro atoms. The normalized spacial score (nSPS) is 23.9. The highest BCUT2D eigenvalue weighted by Gasteiger charge is 2.48. The van der Waals surface area contributed by atoms with Crippen molar-refractivity contribution in [2.75, 3.05) is 32.9 Å². The van der Waals surface area contributed by atoms with Crippen molar-refractivity contribution >= 4 is 5.91 Å². The molecular weight excluding hydrogens is 429 g/mol. The molecule has 34 heavy (non-hydrogen) atoms. The largest absolute Gasteiger partial charge is 0.381 e. The molecule has 2 aromatic carbocycles. The molecule has 3 aliphatic heterocycles. The molecule has 0 bridgehead atoms. The Balaban J connectivity index is 1.26. The Kier molecular flexibility index (Phi) is 6.51. The first kappa shape index (κ1) is 23.5. The molecule has 2 aromatic rings. The molecule has 0 aromatic heterocycles. The van der Waals surface area contributed by atoms with Crippen LogP contribution in [0.1, 0.15) is 54.4 Å². The molecule has 4 nitrogen and oxygen atoms in total. The molecule has 0 unspecified atom stereocenters. The van der Waals surface area contributed by atoms with Crippen molar-refractivity contribution in [3.05, 3.63) is 70.5 Å². The lowest BCUT2D eigenvalue weighted by Crippen LogP contribution is -2.53. The van der Waals surface area contributed by atoms with Crippen LogP contribution < -0.4 is 0 Å². The average molecular weight is 466 g/mol. The van der Waals surface area contributed by atoms with Gasteiger partial charge in [0.05, 0.1) is 18.1 Å². The summed E-state index contributed by atoms with van der Waals surface area (Å²) < 4.78 is 25.4. The Labute approximate surface area is 202 Å². The Morgan fingerprint density at radius 1 is 1.03 bits per heavy atom. The molecule has 5 heteroatoms. The minimum atomic E-state index is -0.481. The maximum absolute atomic E-state index is 14.0. The summed E-state index contributed by atoms with van der Waals surface area (Å²) in [4.78, 5) is 16.1. The van der Waals surface area contributed by atoms with E-state index in [2.05, 4.69) is 36.9 Å². The fourth-order valence-electron chi connectivity index (χ4n) is 6.39. The maximum Gasteiger partial charge on any atom is 0.233 e. The average Bonchev–Trinajstić information content (AvgIpc) is 3.20. The zero-order chi connectivity index (χ0) is 23.8. The summed E-state index contributed by atoms with van der Waals surface area (Å²) >= 11 is 0. The molecule has 3 fully saturated rings. The molecule has 0 N–H and O–H groups in total. The number of piperidine rings is 1. The van der Waals surface area contributed by atoms with Gasteiger partial charge in [0.15, 0.2) is 0 Å². The predicted octanol–water partition coefficient (Wildman–Crippen LogP) is 5.13. The van der Waals surface area contributed by atoms with Crippen LogP contribution in [0.3, 0.4) is 0 Å². The van der Waals surface area contributed by atoms with Gasteiger partial charge in [0.25, 0.3) is 0 Å². The van der Waals surface area contributed by atoms with Crippen LogP contribution in [0.15, 0.2) is 42.5 Å². The monoisotopic (exact) mass is 465 g/mol. The van der Waals surface area contributed by atoms with E-state index in [9.17, 15) is 9.18 Å². The number of halogens is 1. The van der Waals surface area contributed by atoms with Crippen LogP contribution in [0.4, 0.5) is 4.39 Å². The summed E-state index contributed by atoms with van der Waals surface area (Å²) in [5.74, 6) is 0.0775. The molecule has 0 saturated carbocycles. The number of carbonyl (C=O) groups is 1. The van der Waals surface area contributed by atoms with Crippen molar-refractivity contribution in [3.63, 3.8) is 0 Å². The third-order valence-electron chi connectivity index (χ3n) is 8.28. The van der Waals surface area contributed by atoms with Crippen LogP contribution in [0.25, 0.3) is 0 Å². The minimum Gasteiger partial charge on any atom is -0.381 e. The lowest BCUT2D eigenvalue weighted by molar-refractivity contribution is -0.143. The molecular formula is C29H36FNO3. The molecule has 182 valence electrons. The second-order valence-electron chi connectivity index (χ2n) is 10.8. The lowest BCUT2D eigenvalue weighted by Gasteiger charge is -2.44. The number of rotatable bonds is 4. The first-order valence-electron chi connectivity index (χ1n) is 12.7. The first-order valence-corrected chi connectivity index (χ1v) is 12.7. The number of amides is 1. The zero-order valence-electron chi connectivity index (χ0n) is 20.4. The fourth-order valence-corrected chi connectivity index (χ4v) is 6.39. The van der Waals surface area contributed by atoms with Crippen LogP contribution in [0.5, 0.6) is 0 Å². The van der Waals surface area contributed by atoms with E-state index >= 15 is 0 Å². The molecule has 1 atom stereocenters. The van der Waals surface area contributed by atoms with Gasteiger partial charge in [0.1, 0.15) is 5.82 Å². The van der Waals surface area contributed by atoms with Crippen molar-refractivity contribution in [1.29, 1.82) is 0 Å². The Morgan fingerprint density at radius 2 is 1.74 bits per heavy atom. The second-order valence-corrected chi connectivity index (χ2v) is 10.8. The van der Waals surface area contributed by atoms with Gasteiger partial charge in [-0.1, -0.05) is 41.5 Å². The van der Waals surface area contributed by atoms with E-state index in [0.717, 1.165) is 69.3 Å². The molecule has 0 radical (unpaired) electrons. The summed E-state index contributed by atoms with van der Waals surface area (Å²) in [7, 11) is 0. The SMILES string of the molecule is Cc1cc(C)cc(C2(C(=O)N3CCC4(CC3)CO[C@@H](Cc3cccc(F)c3)C4)CCOCC2)c1. The highest BCUT2D eigenvalue weighted by molar-refractivity contribution is 5.88. The molecule has 3 saturated heterocycles. The van der Waals surface area contributed by atoms with Crippen molar-refractivity contribution in [2.24, 2.45) is 5.41 Å². The summed E-state index contributed by atoms with van der Waals surface area (Å²) in [5, 5.41) is 0. The van der Waals surface area contributed by atoms with Crippen LogP contribution >= 0.6 is 0 Å². The number of hydrogen-bond donors (Lipinski definition) is 0. The Morgan fingerprint density at radius 3 is 2.41 bits per heavy atom. The van der Waals surface area contributed by atoms with Gasteiger partial charge in [-0.25, -0.2) is 4.39 Å². The molecule has 3 heterocycles. The van der Waals surface area contributed by atoms with E-state index in [1.807, 2.05) is 6.07 Å². The second kappa shape index (κ2) is 9.43. The van der Waals surface area contributed by atoms with Crippen LogP contribution in [-0.2, 0) is 26.1 Å². The van der Waals surface area contributed by atoms with E-state index in [1.165, 1.54) is 17.2 Å². The van der Waals surface area contributed by atoms with Crippen LogP contribution in [-0.4, -0.2) is 49.8 Å². The minimum absolute atomic E-state index is 0.126. The molecule has 0 aliphatic carbocycles. The predicted molar refractivity (Wildman–Crippen MR) is 130 cm³/mol. The number of benzene rings is 2. The number of carbonyl (C=O) groups excluding carboxylic acids is 1. The number of aryl methyl sites for hydroxylation is 2. The third-order valence-corrected chi connectivity index (χ3v) is 8.28. The van der Waals surface area contributed by atoms with Gasteiger partial charge >= 0.3 is 0 Å². The third kappa shape index (κ3) is 4.65. The Bertz CT molecular complexity index is 1020. The summed E-state index contributed by atoms with van der Waals surface area (Å²) in [6, 6.07) is 13.4. The van der Waals surface area contributed by atoms with Crippen LogP contribution in [0, 0.1) is 25.1 Å². The van der Waals surface area contributed by atoms with Gasteiger partial charge in [-0.05, 0) is 81.0 Å². The topological polar surface area (TPSA) is 38.8 Å². The smallest absolute Gasteiger partial charge is 0.233 e. The van der Waals surface area contributed by atoms with Crippen molar-refractivity contribution < 1.29 is 18.7 Å². The first-order chi connectivity index (χ1) is 16.4. The standard InChI is InChI=1S/C29H36FNO3/c1-21-14-22(2)16-24(15-21)29(8-12-33-13-9-29)27(32)31-10-6-28(7-11-31)19-26(34-20-28)18-23-4-3-5-25(30)17-23/h3-5,14-17,26H,6-13,18-20H2,1-2H3/t26-/m0/s1. The maximum atomic E-state index is 14.0. The van der Waals surface area contributed by atoms with Crippen molar-refractivity contribution in [3.8, 4) is 0 Å². The molecule has 3 aliphatic rings. The van der Waals surface area contributed by atoms with Crippen molar-refractivity contribution in [1.82, 2.24) is 4.90 Å². The highest BCUT2D eigenvalue weighted by Crippen LogP contribution is 2.45. The number of nitrogens with zero attached hydrogens (tertiary/aromatic N) is 1. The fraction of sp³-hybridized carbons (Fsp3) is 0.552. The zero-order valence-corrected chi connectivity index (χ0v) is 20.4. The summed E-state index contributed by atoms with van der Waals surface area (Å²) in [6.45, 7) is 7.78. The van der Waals surface area contributed by atoms with Gasteiger partial charge in [0, 0.05) is 26.3 Å². The van der Waals surface area contributed by atoms with E-state index in [4.69, 9.17) is 9.47 Å². The van der Waals surface area contributed by atoms with E-state index in [-0.39, 0.29) is 23.2 Å². The quantitative estimate of drug-likeness (QED) is 0.628. The van der Waals surface area contributed by atoms with Crippen LogP contribution in [0.2, 0.25) is 0 Å². The number of likely N-dealkylation sites (tertiary alicyclic amines) is 1. The number of hydrogen-bond acceptors (Lipinski definition) is 3.